The van der Waals surface area contributed by atoms with Crippen molar-refractivity contribution in [1.29, 1.82) is 0 Å². The van der Waals surface area contributed by atoms with Crippen LogP contribution in [0.25, 0.3) is 0 Å². The maximum absolute atomic E-state index is 12.9. The minimum Gasteiger partial charge on any atom is -0.377 e. The first-order valence-electron chi connectivity index (χ1n) is 7.50. The van der Waals surface area contributed by atoms with Crippen molar-refractivity contribution >= 4 is 11.8 Å². The third-order valence-electron chi connectivity index (χ3n) is 4.69. The fourth-order valence-electron chi connectivity index (χ4n) is 3.16. The average Bonchev–Trinajstić information content (AvgIpc) is 2.43. The van der Waals surface area contributed by atoms with E-state index in [1.54, 1.807) is 18.9 Å². The number of carbonyl (C=O) groups excluding carboxylic acids is 2. The van der Waals surface area contributed by atoms with E-state index in [2.05, 4.69) is 5.32 Å². The molecular weight excluding hydrogens is 256 g/mol. The lowest BCUT2D eigenvalue weighted by molar-refractivity contribution is -0.159. The van der Waals surface area contributed by atoms with Crippen LogP contribution in [-0.4, -0.2) is 47.6 Å². The molecule has 2 aliphatic rings. The van der Waals surface area contributed by atoms with Gasteiger partial charge in [0.15, 0.2) is 0 Å². The van der Waals surface area contributed by atoms with Crippen LogP contribution < -0.4 is 5.32 Å². The Kier molecular flexibility index (Phi) is 4.09. The second kappa shape index (κ2) is 5.35. The summed E-state index contributed by atoms with van der Waals surface area (Å²) in [6.45, 7) is 6.10. The molecule has 5 nitrogen and oxygen atoms in total. The van der Waals surface area contributed by atoms with E-state index in [4.69, 9.17) is 4.74 Å². The summed E-state index contributed by atoms with van der Waals surface area (Å²) in [5.41, 5.74) is -1.11. The number of nitrogens with one attached hydrogen (secondary N) is 1. The van der Waals surface area contributed by atoms with Gasteiger partial charge in [-0.1, -0.05) is 19.3 Å². The van der Waals surface area contributed by atoms with Gasteiger partial charge in [-0.05, 0) is 33.6 Å². The molecule has 1 saturated heterocycles. The quantitative estimate of drug-likeness (QED) is 0.852. The Morgan fingerprint density at radius 1 is 1.30 bits per heavy atom. The molecule has 1 saturated carbocycles. The molecule has 0 aromatic heterocycles. The van der Waals surface area contributed by atoms with Crippen molar-refractivity contribution in [1.82, 2.24) is 10.2 Å². The number of carbonyl (C=O) groups is 2. The summed E-state index contributed by atoms with van der Waals surface area (Å²) in [5.74, 6) is 0.0211. The van der Waals surface area contributed by atoms with Gasteiger partial charge in [-0.15, -0.1) is 0 Å². The first kappa shape index (κ1) is 15.3. The fourth-order valence-corrected chi connectivity index (χ4v) is 3.16. The summed E-state index contributed by atoms with van der Waals surface area (Å²) in [6.07, 6.45) is 4.66. The number of nitrogens with zero attached hydrogens (tertiary/aromatic N) is 1. The minimum atomic E-state index is -0.661. The number of piperazine rings is 1. The van der Waals surface area contributed by atoms with Crippen LogP contribution in [-0.2, 0) is 14.3 Å². The maximum Gasteiger partial charge on any atom is 0.249 e. The number of rotatable bonds is 3. The summed E-state index contributed by atoms with van der Waals surface area (Å²) in [4.78, 5) is 26.9. The summed E-state index contributed by atoms with van der Waals surface area (Å²) in [7, 11) is 1.63. The molecule has 1 atom stereocenters. The van der Waals surface area contributed by atoms with Crippen LogP contribution in [0.15, 0.2) is 0 Å². The van der Waals surface area contributed by atoms with Gasteiger partial charge in [-0.3, -0.25) is 9.59 Å². The molecule has 1 unspecified atom stereocenters. The van der Waals surface area contributed by atoms with Gasteiger partial charge in [0, 0.05) is 7.11 Å². The van der Waals surface area contributed by atoms with E-state index in [0.29, 0.717) is 6.54 Å². The lowest BCUT2D eigenvalue weighted by Crippen LogP contribution is -2.71. The van der Waals surface area contributed by atoms with Crippen molar-refractivity contribution in [3.8, 4) is 0 Å². The number of methoxy groups -OCH3 is 1. The van der Waals surface area contributed by atoms with Gasteiger partial charge in [0.2, 0.25) is 11.8 Å². The number of ether oxygens (including phenoxy) is 1. The molecule has 1 N–H and O–H groups in total. The van der Waals surface area contributed by atoms with E-state index in [1.807, 2.05) is 13.8 Å². The van der Waals surface area contributed by atoms with E-state index in [-0.39, 0.29) is 11.8 Å². The Labute approximate surface area is 121 Å². The molecule has 0 aromatic rings. The molecule has 114 valence electrons. The highest BCUT2D eigenvalue weighted by molar-refractivity contribution is 5.99. The molecule has 1 heterocycles. The molecule has 2 amide bonds. The van der Waals surface area contributed by atoms with Crippen LogP contribution in [0.4, 0.5) is 0 Å². The van der Waals surface area contributed by atoms with Crippen molar-refractivity contribution in [2.24, 2.45) is 0 Å². The lowest BCUT2D eigenvalue weighted by atomic mass is 9.78. The standard InChI is InChI=1S/C15H26N2O3/c1-11-12(18)16-15(8-6-5-7-9-15)13(19)17(11)10-14(2,3)20-4/h11H,5-10H2,1-4H3,(H,16,18). The normalized spacial score (nSPS) is 26.8. The van der Waals surface area contributed by atoms with Gasteiger partial charge in [0.05, 0.1) is 12.1 Å². The molecular formula is C15H26N2O3. The third kappa shape index (κ3) is 2.68. The van der Waals surface area contributed by atoms with E-state index in [1.165, 1.54) is 0 Å². The Morgan fingerprint density at radius 3 is 2.45 bits per heavy atom. The summed E-state index contributed by atoms with van der Waals surface area (Å²) >= 11 is 0. The van der Waals surface area contributed by atoms with Crippen molar-refractivity contribution < 1.29 is 14.3 Å². The summed E-state index contributed by atoms with van der Waals surface area (Å²) < 4.78 is 5.42. The molecule has 2 rings (SSSR count). The lowest BCUT2D eigenvalue weighted by Gasteiger charge is -2.48. The van der Waals surface area contributed by atoms with Crippen molar-refractivity contribution in [2.75, 3.05) is 13.7 Å². The highest BCUT2D eigenvalue weighted by Crippen LogP contribution is 2.34. The smallest absolute Gasteiger partial charge is 0.249 e. The molecule has 0 aromatic carbocycles. The maximum atomic E-state index is 12.9. The van der Waals surface area contributed by atoms with Crippen LogP contribution in [0.1, 0.15) is 52.9 Å². The monoisotopic (exact) mass is 282 g/mol. The van der Waals surface area contributed by atoms with Gasteiger partial charge in [-0.2, -0.15) is 0 Å². The molecule has 2 fully saturated rings. The van der Waals surface area contributed by atoms with E-state index < -0.39 is 17.2 Å². The van der Waals surface area contributed by atoms with E-state index in [0.717, 1.165) is 32.1 Å². The van der Waals surface area contributed by atoms with E-state index >= 15 is 0 Å². The van der Waals surface area contributed by atoms with Crippen LogP contribution >= 0.6 is 0 Å². The Balaban J connectivity index is 2.24. The summed E-state index contributed by atoms with van der Waals surface area (Å²) in [6, 6.07) is -0.426. The Morgan fingerprint density at radius 2 is 1.90 bits per heavy atom. The molecule has 1 spiro atoms. The Bertz CT molecular complexity index is 400. The zero-order chi connectivity index (χ0) is 15.0. The highest BCUT2D eigenvalue weighted by atomic mass is 16.5. The van der Waals surface area contributed by atoms with Crippen LogP contribution in [0.5, 0.6) is 0 Å². The third-order valence-corrected chi connectivity index (χ3v) is 4.69. The number of hydrogen-bond donors (Lipinski definition) is 1. The molecule has 1 aliphatic carbocycles. The molecule has 1 aliphatic heterocycles. The van der Waals surface area contributed by atoms with Crippen LogP contribution in [0.3, 0.4) is 0 Å². The second-order valence-corrected chi connectivity index (χ2v) is 6.70. The predicted molar refractivity (Wildman–Crippen MR) is 76.2 cm³/mol. The van der Waals surface area contributed by atoms with Gasteiger partial charge in [0.1, 0.15) is 11.6 Å². The molecule has 5 heteroatoms. The first-order valence-corrected chi connectivity index (χ1v) is 7.50. The molecule has 0 radical (unpaired) electrons. The predicted octanol–water partition coefficient (Wildman–Crippen LogP) is 1.46. The number of amides is 2. The Hall–Kier alpha value is -1.10. The number of hydrogen-bond acceptors (Lipinski definition) is 3. The zero-order valence-electron chi connectivity index (χ0n) is 13.0. The highest BCUT2D eigenvalue weighted by Gasteiger charge is 2.50. The largest absolute Gasteiger partial charge is 0.377 e. The average molecular weight is 282 g/mol. The summed E-state index contributed by atoms with van der Waals surface area (Å²) in [5, 5.41) is 2.99. The molecule has 20 heavy (non-hydrogen) atoms. The van der Waals surface area contributed by atoms with Gasteiger partial charge < -0.3 is 15.0 Å². The second-order valence-electron chi connectivity index (χ2n) is 6.70. The topological polar surface area (TPSA) is 58.6 Å². The van der Waals surface area contributed by atoms with Crippen LogP contribution in [0.2, 0.25) is 0 Å². The van der Waals surface area contributed by atoms with Crippen molar-refractivity contribution in [3.63, 3.8) is 0 Å². The minimum absolute atomic E-state index is 0.0431. The van der Waals surface area contributed by atoms with Crippen molar-refractivity contribution in [2.45, 2.75) is 70.1 Å². The van der Waals surface area contributed by atoms with E-state index in [9.17, 15) is 9.59 Å². The van der Waals surface area contributed by atoms with Crippen LogP contribution in [0, 0.1) is 0 Å². The van der Waals surface area contributed by atoms with Gasteiger partial charge in [-0.25, -0.2) is 0 Å². The first-order chi connectivity index (χ1) is 9.31. The van der Waals surface area contributed by atoms with Gasteiger partial charge >= 0.3 is 0 Å². The van der Waals surface area contributed by atoms with Crippen molar-refractivity contribution in [3.05, 3.63) is 0 Å². The zero-order valence-corrected chi connectivity index (χ0v) is 13.0. The van der Waals surface area contributed by atoms with Gasteiger partial charge in [0.25, 0.3) is 0 Å². The SMILES string of the molecule is COC(C)(C)CN1C(=O)C2(CCCCC2)NC(=O)C1C. The molecule has 0 bridgehead atoms. The fraction of sp³-hybridized carbons (Fsp3) is 0.867.